The summed E-state index contributed by atoms with van der Waals surface area (Å²) in [6.07, 6.45) is 1.54. The Bertz CT molecular complexity index is 1380. The molecule has 2 unspecified atom stereocenters. The van der Waals surface area contributed by atoms with Crippen LogP contribution in [0.1, 0.15) is 24.8 Å². The summed E-state index contributed by atoms with van der Waals surface area (Å²) in [5, 5.41) is -0.468. The fraction of sp³-hybridized carbons (Fsp3) is 0.367. The van der Waals surface area contributed by atoms with Gasteiger partial charge in [-0.15, -0.1) is 11.6 Å². The van der Waals surface area contributed by atoms with Gasteiger partial charge in [0, 0.05) is 44.8 Å². The van der Waals surface area contributed by atoms with Crippen molar-refractivity contribution in [2.24, 2.45) is 5.92 Å². The van der Waals surface area contributed by atoms with Gasteiger partial charge in [0.25, 0.3) is 0 Å². The Balaban J connectivity index is 1.36. The number of aromatic nitrogens is 1. The molecule has 0 spiro atoms. The van der Waals surface area contributed by atoms with E-state index in [2.05, 4.69) is 4.98 Å². The van der Waals surface area contributed by atoms with Crippen molar-refractivity contribution < 1.29 is 27.5 Å². The molecule has 5 rings (SSSR count). The van der Waals surface area contributed by atoms with Crippen LogP contribution in [-0.4, -0.2) is 70.9 Å². The van der Waals surface area contributed by atoms with Gasteiger partial charge >= 0.3 is 6.09 Å². The monoisotopic (exact) mass is 586 g/mol. The van der Waals surface area contributed by atoms with Crippen molar-refractivity contribution in [1.82, 2.24) is 14.8 Å². The molecule has 0 bridgehead atoms. The lowest BCUT2D eigenvalue weighted by atomic mass is 9.93. The Morgan fingerprint density at radius 3 is 2.46 bits per heavy atom. The standard InChI is InChI=1S/C30H30ClF3N4O3/c1-2-38(30(40)41-21-9-7-20(32)8-10-21)27-18-37(16-23(27)19-6-11-25(33)26(34)15-19)29(39)22-12-14-36(17-24(22)31)28-5-3-4-13-35-28/h3-11,13,15,22-24,27H,2,12,14,16-18H2,1H3/t22?,23-,24?,27+/m0/s1. The summed E-state index contributed by atoms with van der Waals surface area (Å²) in [7, 11) is 0. The summed E-state index contributed by atoms with van der Waals surface area (Å²) in [6.45, 7) is 3.40. The number of pyridine rings is 1. The Labute approximate surface area is 241 Å². The quantitative estimate of drug-likeness (QED) is 0.360. The van der Waals surface area contributed by atoms with Gasteiger partial charge in [-0.2, -0.15) is 0 Å². The number of carbonyl (C=O) groups excluding carboxylic acids is 2. The molecule has 2 aliphatic heterocycles. The largest absolute Gasteiger partial charge is 0.415 e. The number of piperidine rings is 1. The number of benzene rings is 2. The highest BCUT2D eigenvalue weighted by atomic mass is 35.5. The Kier molecular flexibility index (Phi) is 8.68. The summed E-state index contributed by atoms with van der Waals surface area (Å²) in [5.41, 5.74) is 0.463. The van der Waals surface area contributed by atoms with Gasteiger partial charge in [-0.3, -0.25) is 4.79 Å². The molecule has 41 heavy (non-hydrogen) atoms. The van der Waals surface area contributed by atoms with E-state index in [9.17, 15) is 22.8 Å². The van der Waals surface area contributed by atoms with Gasteiger partial charge in [-0.1, -0.05) is 12.1 Å². The number of carbonyl (C=O) groups is 2. The highest BCUT2D eigenvalue weighted by Crippen LogP contribution is 2.35. The van der Waals surface area contributed by atoms with E-state index in [0.717, 1.165) is 18.0 Å². The van der Waals surface area contributed by atoms with Crippen molar-refractivity contribution in [3.8, 4) is 5.75 Å². The first-order valence-electron chi connectivity index (χ1n) is 13.5. The number of likely N-dealkylation sites (N-methyl/N-ethyl adjacent to an activating group) is 1. The van der Waals surface area contributed by atoms with Crippen LogP contribution >= 0.6 is 11.6 Å². The van der Waals surface area contributed by atoms with Crippen LogP contribution in [0, 0.1) is 23.4 Å². The van der Waals surface area contributed by atoms with Crippen LogP contribution in [0.4, 0.5) is 23.8 Å². The van der Waals surface area contributed by atoms with E-state index in [-0.39, 0.29) is 31.3 Å². The molecule has 0 N–H and O–H groups in total. The molecule has 216 valence electrons. The van der Waals surface area contributed by atoms with E-state index in [4.69, 9.17) is 16.3 Å². The highest BCUT2D eigenvalue weighted by molar-refractivity contribution is 6.22. The summed E-state index contributed by atoms with van der Waals surface area (Å²) in [5.74, 6) is -2.61. The third-order valence-electron chi connectivity index (χ3n) is 7.80. The van der Waals surface area contributed by atoms with Gasteiger partial charge in [0.1, 0.15) is 17.4 Å². The second-order valence-electron chi connectivity index (χ2n) is 10.2. The second-order valence-corrected chi connectivity index (χ2v) is 10.8. The van der Waals surface area contributed by atoms with Crippen molar-refractivity contribution >= 4 is 29.4 Å². The minimum Gasteiger partial charge on any atom is -0.410 e. The molecule has 2 aromatic carbocycles. The molecule has 0 saturated carbocycles. The zero-order valence-electron chi connectivity index (χ0n) is 22.4. The molecule has 2 saturated heterocycles. The number of hydrogen-bond donors (Lipinski definition) is 0. The average Bonchev–Trinajstić information content (AvgIpc) is 3.41. The number of anilines is 1. The van der Waals surface area contributed by atoms with Crippen LogP contribution in [0.2, 0.25) is 0 Å². The number of ether oxygens (including phenoxy) is 1. The van der Waals surface area contributed by atoms with Gasteiger partial charge in [-0.25, -0.2) is 22.9 Å². The molecule has 2 amide bonds. The number of likely N-dealkylation sites (tertiary alicyclic amines) is 1. The predicted octanol–water partition coefficient (Wildman–Crippen LogP) is 5.45. The number of rotatable bonds is 6. The first-order chi connectivity index (χ1) is 19.7. The lowest BCUT2D eigenvalue weighted by Gasteiger charge is -2.37. The van der Waals surface area contributed by atoms with E-state index < -0.39 is 46.8 Å². The van der Waals surface area contributed by atoms with E-state index in [1.54, 1.807) is 18.0 Å². The van der Waals surface area contributed by atoms with Crippen LogP contribution in [0.25, 0.3) is 0 Å². The minimum atomic E-state index is -1.01. The van der Waals surface area contributed by atoms with Crippen LogP contribution in [-0.2, 0) is 4.79 Å². The van der Waals surface area contributed by atoms with Crippen molar-refractivity contribution in [1.29, 1.82) is 0 Å². The van der Waals surface area contributed by atoms with Crippen LogP contribution in [0.15, 0.2) is 66.9 Å². The maximum absolute atomic E-state index is 14.3. The maximum Gasteiger partial charge on any atom is 0.415 e. The van der Waals surface area contributed by atoms with Crippen LogP contribution in [0.5, 0.6) is 5.75 Å². The Morgan fingerprint density at radius 1 is 1.02 bits per heavy atom. The first kappa shape index (κ1) is 28.7. The van der Waals surface area contributed by atoms with Crippen molar-refractivity contribution in [3.63, 3.8) is 0 Å². The fourth-order valence-electron chi connectivity index (χ4n) is 5.68. The predicted molar refractivity (Wildman–Crippen MR) is 148 cm³/mol. The molecule has 2 aliphatic rings. The summed E-state index contributed by atoms with van der Waals surface area (Å²) >= 11 is 6.75. The smallest absolute Gasteiger partial charge is 0.410 e. The minimum absolute atomic E-state index is 0.149. The van der Waals surface area contributed by atoms with Crippen LogP contribution < -0.4 is 9.64 Å². The molecule has 0 radical (unpaired) electrons. The third kappa shape index (κ3) is 6.27. The molecule has 1 aromatic heterocycles. The average molecular weight is 587 g/mol. The van der Waals surface area contributed by atoms with Gasteiger partial charge in [0.2, 0.25) is 5.91 Å². The van der Waals surface area contributed by atoms with Crippen LogP contribution in [0.3, 0.4) is 0 Å². The lowest BCUT2D eigenvalue weighted by molar-refractivity contribution is -0.135. The van der Waals surface area contributed by atoms with E-state index in [1.165, 1.54) is 35.2 Å². The van der Waals surface area contributed by atoms with E-state index in [1.807, 2.05) is 23.1 Å². The number of nitrogens with zero attached hydrogens (tertiary/aromatic N) is 4. The topological polar surface area (TPSA) is 66.0 Å². The molecule has 0 aliphatic carbocycles. The molecule has 11 heteroatoms. The molecule has 3 heterocycles. The number of amides is 2. The molecule has 4 atom stereocenters. The van der Waals surface area contributed by atoms with Gasteiger partial charge in [0.15, 0.2) is 11.6 Å². The normalized spacial score (nSPS) is 22.5. The molecule has 3 aromatic rings. The fourth-order valence-corrected chi connectivity index (χ4v) is 6.08. The Hall–Kier alpha value is -3.79. The van der Waals surface area contributed by atoms with Gasteiger partial charge < -0.3 is 19.4 Å². The lowest BCUT2D eigenvalue weighted by Crippen LogP contribution is -2.49. The molecular weight excluding hydrogens is 557 g/mol. The molecule has 7 nitrogen and oxygen atoms in total. The van der Waals surface area contributed by atoms with Gasteiger partial charge in [0.05, 0.1) is 17.3 Å². The van der Waals surface area contributed by atoms with Crippen molar-refractivity contribution in [3.05, 3.63) is 89.9 Å². The second kappa shape index (κ2) is 12.4. The van der Waals surface area contributed by atoms with Crippen molar-refractivity contribution in [2.75, 3.05) is 37.6 Å². The summed E-state index contributed by atoms with van der Waals surface area (Å²) < 4.78 is 46.9. The third-order valence-corrected chi connectivity index (χ3v) is 8.24. The zero-order valence-corrected chi connectivity index (χ0v) is 23.2. The van der Waals surface area contributed by atoms with Crippen molar-refractivity contribution in [2.45, 2.75) is 30.7 Å². The number of hydrogen-bond acceptors (Lipinski definition) is 5. The molecule has 2 fully saturated rings. The van der Waals surface area contributed by atoms with Gasteiger partial charge in [-0.05, 0) is 67.4 Å². The summed E-state index contributed by atoms with van der Waals surface area (Å²) in [6, 6.07) is 13.7. The number of alkyl halides is 1. The first-order valence-corrected chi connectivity index (χ1v) is 14.0. The van der Waals surface area contributed by atoms with E-state index >= 15 is 0 Å². The summed E-state index contributed by atoms with van der Waals surface area (Å²) in [4.78, 5) is 36.6. The molecular formula is C30H30ClF3N4O3. The Morgan fingerprint density at radius 2 is 1.80 bits per heavy atom. The number of halogens is 4. The maximum atomic E-state index is 14.3. The van der Waals surface area contributed by atoms with E-state index in [0.29, 0.717) is 25.1 Å². The SMILES string of the molecule is CCN(C(=O)Oc1ccc(F)cc1)[C@@H]1CN(C(=O)C2CCN(c3ccccn3)CC2Cl)C[C@H]1c1ccc(F)c(F)c1. The highest BCUT2D eigenvalue weighted by Gasteiger charge is 2.45. The zero-order chi connectivity index (χ0) is 29.1.